The Morgan fingerprint density at radius 1 is 0.360 bits per heavy atom. The number of hydrogen-bond donors (Lipinski definition) is 0. The van der Waals surface area contributed by atoms with Gasteiger partial charge in [0.05, 0.1) is 16.8 Å². The number of furan rings is 1. The molecule has 2 heteroatoms. The largest absolute Gasteiger partial charge is 0.455 e. The minimum Gasteiger partial charge on any atom is -0.455 e. The standard InChI is InChI=1S/C48H31NO/c1-2-13-33(14-3-1)39-20-8-10-23-44(39)49(36-28-27-35-26-25-34-16-5-7-19-38(34)43(35)31-36)45-30-29-41(40-22-12-17-32-15-4-6-18-37(32)40)48-47(45)42-21-9-11-24-46(42)50-48/h1-31H. The molecule has 0 aliphatic rings. The number of nitrogens with zero attached hydrogens (tertiary/aromatic N) is 1. The van der Waals surface area contributed by atoms with Gasteiger partial charge in [-0.3, -0.25) is 0 Å². The maximum Gasteiger partial charge on any atom is 0.145 e. The number of benzene rings is 9. The van der Waals surface area contributed by atoms with Crippen LogP contribution in [0.2, 0.25) is 0 Å². The van der Waals surface area contributed by atoms with E-state index in [-0.39, 0.29) is 0 Å². The number of anilines is 3. The van der Waals surface area contributed by atoms with Gasteiger partial charge in [0, 0.05) is 22.2 Å². The van der Waals surface area contributed by atoms with Crippen LogP contribution in [0, 0.1) is 0 Å². The molecule has 0 spiro atoms. The van der Waals surface area contributed by atoms with E-state index in [0.29, 0.717) is 0 Å². The first kappa shape index (κ1) is 28.4. The second-order valence-electron chi connectivity index (χ2n) is 12.9. The fourth-order valence-electron chi connectivity index (χ4n) is 7.74. The lowest BCUT2D eigenvalue weighted by molar-refractivity contribution is 0.670. The van der Waals surface area contributed by atoms with Crippen molar-refractivity contribution in [1.82, 2.24) is 0 Å². The Morgan fingerprint density at radius 2 is 0.980 bits per heavy atom. The van der Waals surface area contributed by atoms with E-state index in [1.165, 1.54) is 37.9 Å². The van der Waals surface area contributed by atoms with Crippen LogP contribution in [-0.4, -0.2) is 0 Å². The van der Waals surface area contributed by atoms with Gasteiger partial charge in [0.2, 0.25) is 0 Å². The van der Waals surface area contributed by atoms with Crippen LogP contribution in [0.3, 0.4) is 0 Å². The van der Waals surface area contributed by atoms with Crippen molar-refractivity contribution in [2.45, 2.75) is 0 Å². The summed E-state index contributed by atoms with van der Waals surface area (Å²) in [6, 6.07) is 67.5. The van der Waals surface area contributed by atoms with Crippen LogP contribution in [0.25, 0.3) is 76.5 Å². The summed E-state index contributed by atoms with van der Waals surface area (Å²) in [5.41, 5.74) is 9.57. The molecule has 0 fully saturated rings. The van der Waals surface area contributed by atoms with Crippen LogP contribution in [0.15, 0.2) is 192 Å². The summed E-state index contributed by atoms with van der Waals surface area (Å²) in [4.78, 5) is 2.43. The summed E-state index contributed by atoms with van der Waals surface area (Å²) in [5, 5.41) is 9.51. The zero-order chi connectivity index (χ0) is 33.0. The van der Waals surface area contributed by atoms with Gasteiger partial charge in [0.15, 0.2) is 0 Å². The predicted molar refractivity (Wildman–Crippen MR) is 212 cm³/mol. The SMILES string of the molecule is c1ccc(-c2ccccc2N(c2ccc3ccc4ccccc4c3c2)c2ccc(-c3cccc4ccccc34)c3oc4ccccc4c23)cc1. The molecule has 0 unspecified atom stereocenters. The Hall–Kier alpha value is -6.64. The number of para-hydroxylation sites is 2. The average Bonchev–Trinajstić information content (AvgIpc) is 3.58. The molecule has 0 amide bonds. The van der Waals surface area contributed by atoms with Gasteiger partial charge in [0.25, 0.3) is 0 Å². The molecule has 0 atom stereocenters. The first-order valence-electron chi connectivity index (χ1n) is 17.1. The Kier molecular flexibility index (Phi) is 6.53. The summed E-state index contributed by atoms with van der Waals surface area (Å²) in [7, 11) is 0. The van der Waals surface area contributed by atoms with Gasteiger partial charge in [-0.15, -0.1) is 0 Å². The van der Waals surface area contributed by atoms with Gasteiger partial charge in [-0.05, 0) is 79.8 Å². The van der Waals surface area contributed by atoms with E-state index in [0.717, 1.165) is 55.7 Å². The molecular weight excluding hydrogens is 607 g/mol. The fourth-order valence-corrected chi connectivity index (χ4v) is 7.74. The van der Waals surface area contributed by atoms with E-state index in [2.05, 4.69) is 193 Å². The van der Waals surface area contributed by atoms with Gasteiger partial charge >= 0.3 is 0 Å². The molecular formula is C48H31NO. The van der Waals surface area contributed by atoms with Gasteiger partial charge in [-0.1, -0.05) is 152 Å². The van der Waals surface area contributed by atoms with Gasteiger partial charge < -0.3 is 9.32 Å². The second kappa shape index (κ2) is 11.5. The van der Waals surface area contributed by atoms with Crippen molar-refractivity contribution in [3.63, 3.8) is 0 Å². The molecule has 10 rings (SSSR count). The van der Waals surface area contributed by atoms with Crippen molar-refractivity contribution < 1.29 is 4.42 Å². The monoisotopic (exact) mass is 637 g/mol. The summed E-state index contributed by atoms with van der Waals surface area (Å²) in [6.07, 6.45) is 0. The van der Waals surface area contributed by atoms with E-state index < -0.39 is 0 Å². The Bertz CT molecular complexity index is 2880. The van der Waals surface area contributed by atoms with Crippen molar-refractivity contribution in [3.8, 4) is 22.3 Å². The molecule has 0 bridgehead atoms. The number of hydrogen-bond acceptors (Lipinski definition) is 2. The Morgan fingerprint density at radius 3 is 1.84 bits per heavy atom. The Labute approximate surface area is 290 Å². The zero-order valence-corrected chi connectivity index (χ0v) is 27.3. The summed E-state index contributed by atoms with van der Waals surface area (Å²) >= 11 is 0. The van der Waals surface area contributed by atoms with Crippen molar-refractivity contribution in [2.75, 3.05) is 4.90 Å². The average molecular weight is 638 g/mol. The molecule has 50 heavy (non-hydrogen) atoms. The van der Waals surface area contributed by atoms with Crippen LogP contribution in [-0.2, 0) is 0 Å². The van der Waals surface area contributed by atoms with Gasteiger partial charge in [-0.25, -0.2) is 0 Å². The molecule has 9 aromatic carbocycles. The van der Waals surface area contributed by atoms with Crippen molar-refractivity contribution >= 4 is 71.3 Å². The van der Waals surface area contributed by atoms with Crippen molar-refractivity contribution in [1.29, 1.82) is 0 Å². The third-order valence-electron chi connectivity index (χ3n) is 10.0. The van der Waals surface area contributed by atoms with Crippen LogP contribution in [0.5, 0.6) is 0 Å². The molecule has 1 aromatic heterocycles. The molecule has 1 heterocycles. The number of fused-ring (bicyclic) bond motifs is 7. The number of rotatable bonds is 5. The van der Waals surface area contributed by atoms with E-state index >= 15 is 0 Å². The molecule has 10 aromatic rings. The molecule has 0 saturated carbocycles. The van der Waals surface area contributed by atoms with Crippen molar-refractivity contribution in [2.24, 2.45) is 0 Å². The van der Waals surface area contributed by atoms with E-state index in [1.807, 2.05) is 0 Å². The van der Waals surface area contributed by atoms with E-state index in [9.17, 15) is 0 Å². The minimum atomic E-state index is 0.872. The highest BCUT2D eigenvalue weighted by atomic mass is 16.3. The highest BCUT2D eigenvalue weighted by Gasteiger charge is 2.24. The minimum absolute atomic E-state index is 0.872. The molecule has 0 aliphatic carbocycles. The summed E-state index contributed by atoms with van der Waals surface area (Å²) in [5.74, 6) is 0. The van der Waals surface area contributed by atoms with E-state index in [4.69, 9.17) is 4.42 Å². The highest BCUT2D eigenvalue weighted by molar-refractivity contribution is 6.19. The lowest BCUT2D eigenvalue weighted by atomic mass is 9.95. The molecule has 0 N–H and O–H groups in total. The highest BCUT2D eigenvalue weighted by Crippen LogP contribution is 2.49. The molecule has 234 valence electrons. The normalized spacial score (nSPS) is 11.6. The zero-order valence-electron chi connectivity index (χ0n) is 27.3. The Balaban J connectivity index is 1.32. The lowest BCUT2D eigenvalue weighted by Crippen LogP contribution is -2.12. The maximum absolute atomic E-state index is 6.87. The fraction of sp³-hybridized carbons (Fsp3) is 0. The topological polar surface area (TPSA) is 16.4 Å². The van der Waals surface area contributed by atoms with Crippen molar-refractivity contribution in [3.05, 3.63) is 188 Å². The van der Waals surface area contributed by atoms with E-state index in [1.54, 1.807) is 0 Å². The third kappa shape index (κ3) is 4.50. The first-order chi connectivity index (χ1) is 24.8. The summed E-state index contributed by atoms with van der Waals surface area (Å²) < 4.78 is 6.87. The first-order valence-corrected chi connectivity index (χ1v) is 17.1. The van der Waals surface area contributed by atoms with Crippen LogP contribution in [0.4, 0.5) is 17.1 Å². The lowest BCUT2D eigenvalue weighted by Gasteiger charge is -2.29. The van der Waals surface area contributed by atoms with Crippen LogP contribution < -0.4 is 4.90 Å². The molecule has 2 nitrogen and oxygen atoms in total. The smallest absolute Gasteiger partial charge is 0.145 e. The van der Waals surface area contributed by atoms with Crippen LogP contribution in [0.1, 0.15) is 0 Å². The maximum atomic E-state index is 6.87. The van der Waals surface area contributed by atoms with Gasteiger partial charge in [-0.2, -0.15) is 0 Å². The quantitative estimate of drug-likeness (QED) is 0.175. The predicted octanol–water partition coefficient (Wildman–Crippen LogP) is 13.8. The molecule has 0 aliphatic heterocycles. The molecule has 0 saturated heterocycles. The van der Waals surface area contributed by atoms with Gasteiger partial charge in [0.1, 0.15) is 11.2 Å². The summed E-state index contributed by atoms with van der Waals surface area (Å²) in [6.45, 7) is 0. The second-order valence-corrected chi connectivity index (χ2v) is 12.9. The molecule has 0 radical (unpaired) electrons. The van der Waals surface area contributed by atoms with Crippen LogP contribution >= 0.6 is 0 Å². The third-order valence-corrected chi connectivity index (χ3v) is 10.0.